The first-order valence-corrected chi connectivity index (χ1v) is 7.44. The predicted octanol–water partition coefficient (Wildman–Crippen LogP) is 3.08. The van der Waals surface area contributed by atoms with Crippen LogP contribution in [-0.2, 0) is 14.3 Å². The summed E-state index contributed by atoms with van der Waals surface area (Å²) >= 11 is 0. The Morgan fingerprint density at radius 1 is 1.08 bits per heavy atom. The molecule has 126 valence electrons. The van der Waals surface area contributed by atoms with Crippen molar-refractivity contribution in [2.24, 2.45) is 0 Å². The van der Waals surface area contributed by atoms with E-state index >= 15 is 0 Å². The Morgan fingerprint density at radius 2 is 1.79 bits per heavy atom. The summed E-state index contributed by atoms with van der Waals surface area (Å²) < 4.78 is 23.6. The number of hydrogen-bond donors (Lipinski definition) is 1. The van der Waals surface area contributed by atoms with Gasteiger partial charge in [-0.25, -0.2) is 4.39 Å². The third-order valence-corrected chi connectivity index (χ3v) is 3.11. The second kappa shape index (κ2) is 8.67. The Morgan fingerprint density at radius 3 is 2.50 bits per heavy atom. The van der Waals surface area contributed by atoms with Crippen LogP contribution in [0.25, 0.3) is 0 Å². The van der Waals surface area contributed by atoms with Gasteiger partial charge in [0, 0.05) is 0 Å². The highest BCUT2D eigenvalue weighted by Crippen LogP contribution is 2.12. The highest BCUT2D eigenvalue weighted by molar-refractivity contribution is 5.92. The molecule has 0 saturated heterocycles. The third-order valence-electron chi connectivity index (χ3n) is 3.11. The molecule has 24 heavy (non-hydrogen) atoms. The van der Waals surface area contributed by atoms with Crippen LogP contribution >= 0.6 is 0 Å². The standard InChI is InChI=1S/C18H18FNO4/c1-13-6-8-14(9-7-13)23-11-10-18(22)24-12-17(21)20-16-5-3-2-4-15(16)19/h2-9H,10-12H2,1H3,(H,20,21). The SMILES string of the molecule is Cc1ccc(OCCC(=O)OCC(=O)Nc2ccccc2F)cc1. The van der Waals surface area contributed by atoms with Gasteiger partial charge in [-0.3, -0.25) is 9.59 Å². The number of para-hydroxylation sites is 1. The van der Waals surface area contributed by atoms with Crippen molar-refractivity contribution in [2.75, 3.05) is 18.5 Å². The van der Waals surface area contributed by atoms with Crippen molar-refractivity contribution >= 4 is 17.6 Å². The van der Waals surface area contributed by atoms with Gasteiger partial charge in [-0.1, -0.05) is 29.8 Å². The maximum absolute atomic E-state index is 13.4. The fourth-order valence-corrected chi connectivity index (χ4v) is 1.85. The molecule has 5 nitrogen and oxygen atoms in total. The largest absolute Gasteiger partial charge is 0.493 e. The van der Waals surface area contributed by atoms with Crippen LogP contribution in [0.1, 0.15) is 12.0 Å². The summed E-state index contributed by atoms with van der Waals surface area (Å²) in [5.41, 5.74) is 1.16. The Balaban J connectivity index is 1.66. The zero-order valence-corrected chi connectivity index (χ0v) is 13.3. The van der Waals surface area contributed by atoms with Crippen molar-refractivity contribution in [1.82, 2.24) is 0 Å². The van der Waals surface area contributed by atoms with Gasteiger partial charge in [0.2, 0.25) is 0 Å². The molecule has 0 atom stereocenters. The van der Waals surface area contributed by atoms with E-state index in [0.717, 1.165) is 5.56 Å². The van der Waals surface area contributed by atoms with Gasteiger partial charge >= 0.3 is 5.97 Å². The summed E-state index contributed by atoms with van der Waals surface area (Å²) in [5, 5.41) is 2.33. The van der Waals surface area contributed by atoms with Gasteiger partial charge in [-0.05, 0) is 31.2 Å². The lowest BCUT2D eigenvalue weighted by Gasteiger charge is -2.08. The zero-order valence-electron chi connectivity index (χ0n) is 13.3. The maximum Gasteiger partial charge on any atom is 0.309 e. The minimum absolute atomic E-state index is 0.0147. The molecule has 0 bridgehead atoms. The van der Waals surface area contributed by atoms with Crippen molar-refractivity contribution in [1.29, 1.82) is 0 Å². The van der Waals surface area contributed by atoms with Gasteiger partial charge in [-0.2, -0.15) is 0 Å². The third kappa shape index (κ3) is 5.72. The van der Waals surface area contributed by atoms with E-state index in [1.54, 1.807) is 6.07 Å². The topological polar surface area (TPSA) is 64.6 Å². The molecular formula is C18H18FNO4. The van der Waals surface area contributed by atoms with Crippen molar-refractivity contribution in [3.8, 4) is 5.75 Å². The molecule has 0 aliphatic rings. The van der Waals surface area contributed by atoms with E-state index < -0.39 is 24.3 Å². The van der Waals surface area contributed by atoms with Gasteiger partial charge < -0.3 is 14.8 Å². The number of hydrogen-bond acceptors (Lipinski definition) is 4. The molecule has 0 spiro atoms. The smallest absolute Gasteiger partial charge is 0.309 e. The Kier molecular flexibility index (Phi) is 6.31. The van der Waals surface area contributed by atoms with E-state index in [4.69, 9.17) is 9.47 Å². The number of carbonyl (C=O) groups excluding carboxylic acids is 2. The number of ether oxygens (including phenoxy) is 2. The molecule has 0 aliphatic heterocycles. The quantitative estimate of drug-likeness (QED) is 0.792. The lowest BCUT2D eigenvalue weighted by atomic mass is 10.2. The highest BCUT2D eigenvalue weighted by Gasteiger charge is 2.10. The first-order chi connectivity index (χ1) is 11.5. The van der Waals surface area contributed by atoms with Gasteiger partial charge in [0.25, 0.3) is 5.91 Å². The predicted molar refractivity (Wildman–Crippen MR) is 87.3 cm³/mol. The van der Waals surface area contributed by atoms with E-state index in [0.29, 0.717) is 5.75 Å². The zero-order chi connectivity index (χ0) is 17.4. The normalized spacial score (nSPS) is 10.1. The summed E-state index contributed by atoms with van der Waals surface area (Å²) in [6.45, 7) is 1.64. The molecule has 0 aromatic heterocycles. The average molecular weight is 331 g/mol. The second-order valence-corrected chi connectivity index (χ2v) is 5.10. The number of aryl methyl sites for hydroxylation is 1. The molecule has 1 N–H and O–H groups in total. The summed E-state index contributed by atoms with van der Waals surface area (Å²) in [6.07, 6.45) is 0.0147. The van der Waals surface area contributed by atoms with Crippen LogP contribution in [0.15, 0.2) is 48.5 Å². The first kappa shape index (κ1) is 17.5. The minimum Gasteiger partial charge on any atom is -0.493 e. The number of benzene rings is 2. The van der Waals surface area contributed by atoms with E-state index in [9.17, 15) is 14.0 Å². The summed E-state index contributed by atoms with van der Waals surface area (Å²) in [6, 6.07) is 13.2. The molecule has 0 radical (unpaired) electrons. The van der Waals surface area contributed by atoms with Crippen LogP contribution in [0.4, 0.5) is 10.1 Å². The Bertz CT molecular complexity index is 700. The molecule has 0 heterocycles. The average Bonchev–Trinajstić information content (AvgIpc) is 2.57. The first-order valence-electron chi connectivity index (χ1n) is 7.44. The molecular weight excluding hydrogens is 313 g/mol. The molecule has 0 fully saturated rings. The molecule has 1 amide bonds. The van der Waals surface area contributed by atoms with Crippen LogP contribution in [0.2, 0.25) is 0 Å². The maximum atomic E-state index is 13.4. The molecule has 2 aromatic rings. The molecule has 6 heteroatoms. The number of anilines is 1. The van der Waals surface area contributed by atoms with Crippen molar-refractivity contribution in [3.05, 3.63) is 59.9 Å². The molecule has 0 aliphatic carbocycles. The molecule has 0 unspecified atom stereocenters. The van der Waals surface area contributed by atoms with Crippen LogP contribution in [-0.4, -0.2) is 25.1 Å². The van der Waals surface area contributed by atoms with Crippen LogP contribution < -0.4 is 10.1 Å². The number of halogens is 1. The van der Waals surface area contributed by atoms with Gasteiger partial charge in [0.05, 0.1) is 18.7 Å². The van der Waals surface area contributed by atoms with E-state index in [-0.39, 0.29) is 18.7 Å². The van der Waals surface area contributed by atoms with E-state index in [1.165, 1.54) is 18.2 Å². The monoisotopic (exact) mass is 331 g/mol. The number of amides is 1. The van der Waals surface area contributed by atoms with Crippen LogP contribution in [0.3, 0.4) is 0 Å². The van der Waals surface area contributed by atoms with E-state index in [2.05, 4.69) is 5.32 Å². The minimum atomic E-state index is -0.604. The fraction of sp³-hybridized carbons (Fsp3) is 0.222. The van der Waals surface area contributed by atoms with Crippen LogP contribution in [0.5, 0.6) is 5.75 Å². The summed E-state index contributed by atoms with van der Waals surface area (Å²) in [7, 11) is 0. The molecule has 2 aromatic carbocycles. The van der Waals surface area contributed by atoms with Crippen molar-refractivity contribution < 1.29 is 23.5 Å². The summed E-state index contributed by atoms with van der Waals surface area (Å²) in [4.78, 5) is 23.2. The van der Waals surface area contributed by atoms with Crippen molar-refractivity contribution in [2.45, 2.75) is 13.3 Å². The van der Waals surface area contributed by atoms with Crippen LogP contribution in [0, 0.1) is 12.7 Å². The molecule has 2 rings (SSSR count). The van der Waals surface area contributed by atoms with Gasteiger partial charge in [-0.15, -0.1) is 0 Å². The number of nitrogens with one attached hydrogen (secondary N) is 1. The Hall–Kier alpha value is -2.89. The fourth-order valence-electron chi connectivity index (χ4n) is 1.85. The summed E-state index contributed by atoms with van der Waals surface area (Å²) in [5.74, 6) is -1.06. The molecule has 0 saturated carbocycles. The highest BCUT2D eigenvalue weighted by atomic mass is 19.1. The second-order valence-electron chi connectivity index (χ2n) is 5.10. The van der Waals surface area contributed by atoms with Gasteiger partial charge in [0.15, 0.2) is 6.61 Å². The Labute approximate surface area is 139 Å². The van der Waals surface area contributed by atoms with E-state index in [1.807, 2.05) is 31.2 Å². The lowest BCUT2D eigenvalue weighted by Crippen LogP contribution is -2.22. The number of esters is 1. The number of carbonyl (C=O) groups is 2. The number of rotatable bonds is 7. The lowest BCUT2D eigenvalue weighted by molar-refractivity contribution is -0.147. The van der Waals surface area contributed by atoms with Gasteiger partial charge in [0.1, 0.15) is 11.6 Å². The van der Waals surface area contributed by atoms with Crippen molar-refractivity contribution in [3.63, 3.8) is 0 Å².